The number of halogens is 1. The molecule has 0 radical (unpaired) electrons. The van der Waals surface area contributed by atoms with Crippen molar-refractivity contribution in [1.29, 1.82) is 0 Å². The van der Waals surface area contributed by atoms with Crippen LogP contribution in [0, 0.1) is 5.95 Å². The molecule has 0 atom stereocenters. The van der Waals surface area contributed by atoms with Crippen LogP contribution in [0.3, 0.4) is 0 Å². The van der Waals surface area contributed by atoms with Crippen LogP contribution in [-0.4, -0.2) is 9.97 Å². The van der Waals surface area contributed by atoms with Crippen molar-refractivity contribution in [2.75, 3.05) is 0 Å². The SMILES string of the molecule is CCc1cnc2[nH]c(F)cc2c1. The van der Waals surface area contributed by atoms with Gasteiger partial charge in [-0.05, 0) is 18.1 Å². The molecule has 2 aromatic heterocycles. The zero-order valence-corrected chi connectivity index (χ0v) is 6.76. The Morgan fingerprint density at radius 3 is 3.08 bits per heavy atom. The second-order valence-corrected chi connectivity index (χ2v) is 2.75. The van der Waals surface area contributed by atoms with Crippen LogP contribution in [-0.2, 0) is 6.42 Å². The first kappa shape index (κ1) is 7.28. The minimum absolute atomic E-state index is 0.328. The average molecular weight is 164 g/mol. The largest absolute Gasteiger partial charge is 0.316 e. The van der Waals surface area contributed by atoms with Gasteiger partial charge in [0.05, 0.1) is 0 Å². The quantitative estimate of drug-likeness (QED) is 0.688. The van der Waals surface area contributed by atoms with Crippen LogP contribution in [0.15, 0.2) is 18.3 Å². The van der Waals surface area contributed by atoms with Crippen LogP contribution in [0.25, 0.3) is 11.0 Å². The molecule has 2 rings (SSSR count). The highest BCUT2D eigenvalue weighted by Gasteiger charge is 2.00. The van der Waals surface area contributed by atoms with Gasteiger partial charge in [-0.2, -0.15) is 4.39 Å². The van der Waals surface area contributed by atoms with E-state index in [9.17, 15) is 4.39 Å². The summed E-state index contributed by atoms with van der Waals surface area (Å²) in [5.74, 6) is -0.328. The van der Waals surface area contributed by atoms with Crippen molar-refractivity contribution in [3.8, 4) is 0 Å². The van der Waals surface area contributed by atoms with Crippen LogP contribution in [0.2, 0.25) is 0 Å². The highest BCUT2D eigenvalue weighted by Crippen LogP contribution is 2.13. The van der Waals surface area contributed by atoms with E-state index in [0.717, 1.165) is 17.4 Å². The van der Waals surface area contributed by atoms with Gasteiger partial charge >= 0.3 is 0 Å². The highest BCUT2D eigenvalue weighted by molar-refractivity contribution is 5.75. The summed E-state index contributed by atoms with van der Waals surface area (Å²) in [7, 11) is 0. The fourth-order valence-electron chi connectivity index (χ4n) is 1.22. The van der Waals surface area contributed by atoms with Crippen LogP contribution in [0.4, 0.5) is 4.39 Å². The third-order valence-electron chi connectivity index (χ3n) is 1.90. The molecule has 0 fully saturated rings. The van der Waals surface area contributed by atoms with Crippen molar-refractivity contribution in [1.82, 2.24) is 9.97 Å². The zero-order valence-electron chi connectivity index (χ0n) is 6.76. The van der Waals surface area contributed by atoms with Gasteiger partial charge in [-0.15, -0.1) is 0 Å². The van der Waals surface area contributed by atoms with Gasteiger partial charge < -0.3 is 4.98 Å². The van der Waals surface area contributed by atoms with Crippen molar-refractivity contribution >= 4 is 11.0 Å². The predicted octanol–water partition coefficient (Wildman–Crippen LogP) is 2.26. The number of hydrogen-bond acceptors (Lipinski definition) is 1. The van der Waals surface area contributed by atoms with Gasteiger partial charge in [-0.3, -0.25) is 0 Å². The summed E-state index contributed by atoms with van der Waals surface area (Å²) in [6.07, 6.45) is 2.69. The molecule has 2 heterocycles. The number of aryl methyl sites for hydroxylation is 1. The van der Waals surface area contributed by atoms with Gasteiger partial charge in [-0.25, -0.2) is 4.98 Å². The van der Waals surface area contributed by atoms with Crippen LogP contribution in [0.1, 0.15) is 12.5 Å². The lowest BCUT2D eigenvalue weighted by atomic mass is 10.2. The lowest BCUT2D eigenvalue weighted by Crippen LogP contribution is -1.82. The Labute approximate surface area is 69.4 Å². The molecule has 0 bridgehead atoms. The molecule has 1 N–H and O–H groups in total. The molecule has 0 aliphatic heterocycles. The molecule has 0 aliphatic carbocycles. The summed E-state index contributed by atoms with van der Waals surface area (Å²) in [4.78, 5) is 6.61. The monoisotopic (exact) mass is 164 g/mol. The van der Waals surface area contributed by atoms with Crippen molar-refractivity contribution in [2.45, 2.75) is 13.3 Å². The van der Waals surface area contributed by atoms with E-state index in [1.165, 1.54) is 6.07 Å². The number of aromatic amines is 1. The summed E-state index contributed by atoms with van der Waals surface area (Å²) in [6.45, 7) is 2.05. The summed E-state index contributed by atoms with van der Waals surface area (Å²) in [6, 6.07) is 3.41. The van der Waals surface area contributed by atoms with E-state index in [1.54, 1.807) is 6.20 Å². The molecule has 0 saturated carbocycles. The second-order valence-electron chi connectivity index (χ2n) is 2.75. The molecule has 0 unspecified atom stereocenters. The molecule has 2 nitrogen and oxygen atoms in total. The van der Waals surface area contributed by atoms with Gasteiger partial charge in [0.2, 0.25) is 0 Å². The standard InChI is InChI=1S/C9H9FN2/c1-2-6-3-7-4-8(10)12-9(7)11-5-6/h3-5H,2H2,1H3,(H,11,12). The summed E-state index contributed by atoms with van der Waals surface area (Å²) < 4.78 is 12.7. The van der Waals surface area contributed by atoms with E-state index < -0.39 is 0 Å². The number of nitrogens with zero attached hydrogens (tertiary/aromatic N) is 1. The van der Waals surface area contributed by atoms with Gasteiger partial charge in [0.1, 0.15) is 5.65 Å². The van der Waals surface area contributed by atoms with Crippen LogP contribution < -0.4 is 0 Å². The van der Waals surface area contributed by atoms with Crippen LogP contribution >= 0.6 is 0 Å². The van der Waals surface area contributed by atoms with Crippen molar-refractivity contribution in [3.63, 3.8) is 0 Å². The van der Waals surface area contributed by atoms with E-state index >= 15 is 0 Å². The molecule has 62 valence electrons. The summed E-state index contributed by atoms with van der Waals surface area (Å²) in [5.41, 5.74) is 1.74. The number of H-pyrrole nitrogens is 1. The third-order valence-corrected chi connectivity index (χ3v) is 1.90. The van der Waals surface area contributed by atoms with Gasteiger partial charge in [0, 0.05) is 17.6 Å². The Morgan fingerprint density at radius 1 is 1.50 bits per heavy atom. The van der Waals surface area contributed by atoms with Gasteiger partial charge in [0.15, 0.2) is 5.95 Å². The Morgan fingerprint density at radius 2 is 2.33 bits per heavy atom. The van der Waals surface area contributed by atoms with E-state index in [-0.39, 0.29) is 5.95 Å². The number of aromatic nitrogens is 2. The normalized spacial score (nSPS) is 10.8. The van der Waals surface area contributed by atoms with E-state index in [4.69, 9.17) is 0 Å². The fraction of sp³-hybridized carbons (Fsp3) is 0.222. The maximum absolute atomic E-state index is 12.7. The minimum atomic E-state index is -0.328. The minimum Gasteiger partial charge on any atom is -0.316 e. The molecule has 0 aliphatic rings. The Bertz CT molecular complexity index is 406. The van der Waals surface area contributed by atoms with Gasteiger partial charge in [-0.1, -0.05) is 6.92 Å². The molecule has 12 heavy (non-hydrogen) atoms. The summed E-state index contributed by atoms with van der Waals surface area (Å²) in [5, 5.41) is 0.840. The topological polar surface area (TPSA) is 28.7 Å². The molecule has 0 amide bonds. The van der Waals surface area contributed by atoms with E-state index in [0.29, 0.717) is 5.65 Å². The molecule has 0 spiro atoms. The Balaban J connectivity index is 2.66. The lowest BCUT2D eigenvalue weighted by Gasteiger charge is -1.93. The molecule has 3 heteroatoms. The van der Waals surface area contributed by atoms with Crippen molar-refractivity contribution < 1.29 is 4.39 Å². The average Bonchev–Trinajstić information content (AvgIpc) is 2.43. The van der Waals surface area contributed by atoms with Gasteiger partial charge in [0.25, 0.3) is 0 Å². The van der Waals surface area contributed by atoms with E-state index in [2.05, 4.69) is 9.97 Å². The first-order chi connectivity index (χ1) is 5.79. The predicted molar refractivity (Wildman–Crippen MR) is 45.4 cm³/mol. The fourth-order valence-corrected chi connectivity index (χ4v) is 1.22. The van der Waals surface area contributed by atoms with Crippen molar-refractivity contribution in [3.05, 3.63) is 29.8 Å². The number of pyridine rings is 1. The first-order valence-electron chi connectivity index (χ1n) is 3.92. The number of hydrogen-bond donors (Lipinski definition) is 1. The van der Waals surface area contributed by atoms with Crippen molar-refractivity contribution in [2.24, 2.45) is 0 Å². The Hall–Kier alpha value is -1.38. The van der Waals surface area contributed by atoms with Crippen LogP contribution in [0.5, 0.6) is 0 Å². The molecular formula is C9H9FN2. The smallest absolute Gasteiger partial charge is 0.193 e. The third kappa shape index (κ3) is 1.07. The molecule has 0 aromatic carbocycles. The maximum Gasteiger partial charge on any atom is 0.193 e. The van der Waals surface area contributed by atoms with E-state index in [1.807, 2.05) is 13.0 Å². The number of fused-ring (bicyclic) bond motifs is 1. The first-order valence-corrected chi connectivity index (χ1v) is 3.92. The summed E-state index contributed by atoms with van der Waals surface area (Å²) >= 11 is 0. The molecular weight excluding hydrogens is 155 g/mol. The Kier molecular flexibility index (Phi) is 1.57. The maximum atomic E-state index is 12.7. The second kappa shape index (κ2) is 2.59. The number of nitrogens with one attached hydrogen (secondary N) is 1. The number of rotatable bonds is 1. The zero-order chi connectivity index (χ0) is 8.55. The molecule has 2 aromatic rings. The lowest BCUT2D eigenvalue weighted by molar-refractivity contribution is 0.594. The molecule has 0 saturated heterocycles. The highest BCUT2D eigenvalue weighted by atomic mass is 19.1.